The molecule has 20 heavy (non-hydrogen) atoms. The molecule has 0 unspecified atom stereocenters. The van der Waals surface area contributed by atoms with Crippen LogP contribution in [-0.4, -0.2) is 47.8 Å². The highest BCUT2D eigenvalue weighted by molar-refractivity contribution is 9.10. The fourth-order valence-corrected chi connectivity index (χ4v) is 2.66. The van der Waals surface area contributed by atoms with E-state index in [-0.39, 0.29) is 11.8 Å². The van der Waals surface area contributed by atoms with Crippen molar-refractivity contribution in [3.63, 3.8) is 0 Å². The molecule has 5 nitrogen and oxygen atoms in total. The molecule has 0 spiro atoms. The summed E-state index contributed by atoms with van der Waals surface area (Å²) in [7, 11) is 0. The first-order valence-electron chi connectivity index (χ1n) is 6.59. The van der Waals surface area contributed by atoms with E-state index in [9.17, 15) is 9.59 Å². The second-order valence-electron chi connectivity index (χ2n) is 4.89. The summed E-state index contributed by atoms with van der Waals surface area (Å²) in [6, 6.07) is 5.19. The maximum atomic E-state index is 12.5. The molecule has 0 atom stereocenters. The molecule has 0 aliphatic carbocycles. The molecule has 1 aliphatic rings. The minimum atomic E-state index is -0.0175. The van der Waals surface area contributed by atoms with Gasteiger partial charge in [-0.25, -0.2) is 0 Å². The van der Waals surface area contributed by atoms with Crippen LogP contribution in [0.3, 0.4) is 0 Å². The standard InChI is InChI=1S/C14H18BrN3O2/c1-10(19)17-5-2-6-18(8-7-17)14(20)11-3-4-13(16)12(15)9-11/h3-4,9H,2,5-8,16H2,1H3. The quantitative estimate of drug-likeness (QED) is 0.792. The number of hydrogen-bond acceptors (Lipinski definition) is 3. The minimum absolute atomic E-state index is 0.0175. The fraction of sp³-hybridized carbons (Fsp3) is 0.429. The molecular weight excluding hydrogens is 322 g/mol. The smallest absolute Gasteiger partial charge is 0.253 e. The number of nitrogens with zero attached hydrogens (tertiary/aromatic N) is 2. The number of carbonyl (C=O) groups excluding carboxylic acids is 2. The van der Waals surface area contributed by atoms with E-state index >= 15 is 0 Å². The summed E-state index contributed by atoms with van der Waals surface area (Å²) in [5, 5.41) is 0. The van der Waals surface area contributed by atoms with Crippen LogP contribution >= 0.6 is 15.9 Å². The molecule has 1 heterocycles. The van der Waals surface area contributed by atoms with Crippen molar-refractivity contribution in [3.8, 4) is 0 Å². The molecule has 0 bridgehead atoms. The van der Waals surface area contributed by atoms with Gasteiger partial charge in [-0.3, -0.25) is 9.59 Å². The highest BCUT2D eigenvalue weighted by Gasteiger charge is 2.21. The molecule has 1 aliphatic heterocycles. The van der Waals surface area contributed by atoms with Gasteiger partial charge in [-0.1, -0.05) is 0 Å². The lowest BCUT2D eigenvalue weighted by Crippen LogP contribution is -2.36. The van der Waals surface area contributed by atoms with E-state index in [1.165, 1.54) is 0 Å². The Bertz CT molecular complexity index is 533. The van der Waals surface area contributed by atoms with Crippen molar-refractivity contribution >= 4 is 33.4 Å². The molecule has 1 aromatic carbocycles. The number of carbonyl (C=O) groups is 2. The lowest BCUT2D eigenvalue weighted by atomic mass is 10.2. The Balaban J connectivity index is 2.09. The predicted molar refractivity (Wildman–Crippen MR) is 81.3 cm³/mol. The van der Waals surface area contributed by atoms with Crippen LogP contribution in [0.1, 0.15) is 23.7 Å². The molecule has 2 amide bonds. The predicted octanol–water partition coefficient (Wildman–Crippen LogP) is 1.73. The Kier molecular flexibility index (Phi) is 4.65. The van der Waals surface area contributed by atoms with E-state index < -0.39 is 0 Å². The van der Waals surface area contributed by atoms with Crippen LogP contribution in [0, 0.1) is 0 Å². The number of nitrogens with two attached hydrogens (primary N) is 1. The second kappa shape index (κ2) is 6.26. The van der Waals surface area contributed by atoms with Crippen molar-refractivity contribution in [2.75, 3.05) is 31.9 Å². The Hall–Kier alpha value is -1.56. The van der Waals surface area contributed by atoms with Crippen molar-refractivity contribution in [2.45, 2.75) is 13.3 Å². The van der Waals surface area contributed by atoms with Gasteiger partial charge in [0.1, 0.15) is 0 Å². The summed E-state index contributed by atoms with van der Waals surface area (Å²) in [6.45, 7) is 4.11. The lowest BCUT2D eigenvalue weighted by molar-refractivity contribution is -0.128. The molecule has 0 radical (unpaired) electrons. The minimum Gasteiger partial charge on any atom is -0.398 e. The Labute approximate surface area is 126 Å². The van der Waals surface area contributed by atoms with Gasteiger partial charge in [-0.15, -0.1) is 0 Å². The third kappa shape index (κ3) is 3.30. The molecule has 1 aromatic rings. The van der Waals surface area contributed by atoms with Crippen LogP contribution in [0.4, 0.5) is 5.69 Å². The Morgan fingerprint density at radius 1 is 1.15 bits per heavy atom. The molecule has 1 saturated heterocycles. The average molecular weight is 340 g/mol. The van der Waals surface area contributed by atoms with Crippen LogP contribution in [0.5, 0.6) is 0 Å². The van der Waals surface area contributed by atoms with Gasteiger partial charge >= 0.3 is 0 Å². The number of rotatable bonds is 1. The zero-order chi connectivity index (χ0) is 14.7. The molecule has 108 valence electrons. The summed E-state index contributed by atoms with van der Waals surface area (Å²) < 4.78 is 0.725. The first kappa shape index (κ1) is 14.8. The maximum absolute atomic E-state index is 12.5. The summed E-state index contributed by atoms with van der Waals surface area (Å²) in [5.74, 6) is 0.0469. The van der Waals surface area contributed by atoms with Crippen molar-refractivity contribution in [2.24, 2.45) is 0 Å². The fourth-order valence-electron chi connectivity index (χ4n) is 2.28. The third-order valence-electron chi connectivity index (χ3n) is 3.48. The van der Waals surface area contributed by atoms with Crippen molar-refractivity contribution in [1.29, 1.82) is 0 Å². The average Bonchev–Trinajstić information content (AvgIpc) is 2.67. The number of halogens is 1. The second-order valence-corrected chi connectivity index (χ2v) is 5.74. The van der Waals surface area contributed by atoms with Crippen molar-refractivity contribution in [3.05, 3.63) is 28.2 Å². The van der Waals surface area contributed by atoms with E-state index in [4.69, 9.17) is 5.73 Å². The highest BCUT2D eigenvalue weighted by Crippen LogP contribution is 2.21. The first-order valence-corrected chi connectivity index (χ1v) is 7.38. The summed E-state index contributed by atoms with van der Waals surface area (Å²) in [6.07, 6.45) is 0.807. The van der Waals surface area contributed by atoms with Gasteiger partial charge < -0.3 is 15.5 Å². The molecular formula is C14H18BrN3O2. The SMILES string of the molecule is CC(=O)N1CCCN(C(=O)c2ccc(N)c(Br)c2)CC1. The normalized spacial score (nSPS) is 15.9. The van der Waals surface area contributed by atoms with E-state index in [2.05, 4.69) is 15.9 Å². The van der Waals surface area contributed by atoms with E-state index in [1.54, 1.807) is 34.9 Å². The number of benzene rings is 1. The monoisotopic (exact) mass is 339 g/mol. The molecule has 1 fully saturated rings. The van der Waals surface area contributed by atoms with Gasteiger partial charge in [0.25, 0.3) is 5.91 Å². The summed E-state index contributed by atoms with van der Waals surface area (Å²) in [4.78, 5) is 27.4. The van der Waals surface area contributed by atoms with Gasteiger partial charge in [-0.05, 0) is 40.5 Å². The Morgan fingerprint density at radius 2 is 1.80 bits per heavy atom. The number of anilines is 1. The van der Waals surface area contributed by atoms with Gasteiger partial charge in [0, 0.05) is 48.8 Å². The van der Waals surface area contributed by atoms with Crippen LogP contribution < -0.4 is 5.73 Å². The van der Waals surface area contributed by atoms with Gasteiger partial charge in [0.15, 0.2) is 0 Å². The topological polar surface area (TPSA) is 66.6 Å². The van der Waals surface area contributed by atoms with Crippen LogP contribution in [0.15, 0.2) is 22.7 Å². The molecule has 2 rings (SSSR count). The van der Waals surface area contributed by atoms with Crippen molar-refractivity contribution in [1.82, 2.24) is 9.80 Å². The maximum Gasteiger partial charge on any atom is 0.253 e. The highest BCUT2D eigenvalue weighted by atomic mass is 79.9. The van der Waals surface area contributed by atoms with Crippen LogP contribution in [0.25, 0.3) is 0 Å². The third-order valence-corrected chi connectivity index (χ3v) is 4.16. The zero-order valence-corrected chi connectivity index (χ0v) is 13.0. The van der Waals surface area contributed by atoms with E-state index in [0.717, 1.165) is 10.9 Å². The number of nitrogen functional groups attached to an aromatic ring is 1. The largest absolute Gasteiger partial charge is 0.398 e. The van der Waals surface area contributed by atoms with Gasteiger partial charge in [0.2, 0.25) is 5.91 Å². The van der Waals surface area contributed by atoms with Crippen molar-refractivity contribution < 1.29 is 9.59 Å². The van der Waals surface area contributed by atoms with Crippen LogP contribution in [-0.2, 0) is 4.79 Å². The number of amides is 2. The molecule has 2 N–H and O–H groups in total. The van der Waals surface area contributed by atoms with E-state index in [0.29, 0.717) is 37.4 Å². The Morgan fingerprint density at radius 3 is 2.45 bits per heavy atom. The molecule has 0 aromatic heterocycles. The molecule has 0 saturated carbocycles. The summed E-state index contributed by atoms with van der Waals surface area (Å²) >= 11 is 3.33. The van der Waals surface area contributed by atoms with E-state index in [1.807, 2.05) is 0 Å². The van der Waals surface area contributed by atoms with Gasteiger partial charge in [-0.2, -0.15) is 0 Å². The van der Waals surface area contributed by atoms with Crippen LogP contribution in [0.2, 0.25) is 0 Å². The van der Waals surface area contributed by atoms with Gasteiger partial charge in [0.05, 0.1) is 0 Å². The first-order chi connectivity index (χ1) is 9.49. The number of hydrogen-bond donors (Lipinski definition) is 1. The zero-order valence-electron chi connectivity index (χ0n) is 11.4. The molecule has 6 heteroatoms. The summed E-state index contributed by atoms with van der Waals surface area (Å²) in [5.41, 5.74) is 6.95. The lowest BCUT2D eigenvalue weighted by Gasteiger charge is -2.21.